The van der Waals surface area contributed by atoms with Gasteiger partial charge in [-0.15, -0.1) is 0 Å². The molecule has 0 bridgehead atoms. The Morgan fingerprint density at radius 1 is 1.18 bits per heavy atom. The van der Waals surface area contributed by atoms with E-state index in [4.69, 9.17) is 4.74 Å². The number of esters is 1. The van der Waals surface area contributed by atoms with Crippen molar-refractivity contribution in [3.63, 3.8) is 0 Å². The van der Waals surface area contributed by atoms with Gasteiger partial charge in [0.15, 0.2) is 5.60 Å². The van der Waals surface area contributed by atoms with Crippen LogP contribution in [0.25, 0.3) is 10.8 Å². The molecular weight excluding hydrogens is 282 g/mol. The molecule has 0 radical (unpaired) electrons. The van der Waals surface area contributed by atoms with Crippen LogP contribution in [-0.2, 0) is 9.53 Å². The number of amides is 1. The third-order valence-electron chi connectivity index (χ3n) is 3.32. The summed E-state index contributed by atoms with van der Waals surface area (Å²) in [6.45, 7) is 2.93. The van der Waals surface area contributed by atoms with Crippen LogP contribution in [0.2, 0.25) is 0 Å². The summed E-state index contributed by atoms with van der Waals surface area (Å²) in [5.41, 5.74) is -1.28. The molecule has 2 aromatic rings. The molecule has 0 aromatic heterocycles. The Bertz CT molecular complexity index is 694. The second kappa shape index (κ2) is 6.58. The maximum atomic E-state index is 12.1. The van der Waals surface area contributed by atoms with Gasteiger partial charge in [0.1, 0.15) is 0 Å². The summed E-state index contributed by atoms with van der Waals surface area (Å²) < 4.78 is 4.76. The van der Waals surface area contributed by atoms with Gasteiger partial charge in [0.25, 0.3) is 5.91 Å². The van der Waals surface area contributed by atoms with E-state index in [1.807, 2.05) is 30.3 Å². The summed E-state index contributed by atoms with van der Waals surface area (Å²) in [5.74, 6) is -1.11. The molecule has 0 saturated heterocycles. The molecular formula is C17H19NO4. The fraction of sp³-hybridized carbons (Fsp3) is 0.294. The number of ether oxygens (including phenoxy) is 1. The molecule has 116 valence electrons. The summed E-state index contributed by atoms with van der Waals surface area (Å²) in [6, 6.07) is 13.0. The molecule has 0 heterocycles. The highest BCUT2D eigenvalue weighted by Crippen LogP contribution is 2.15. The predicted octanol–water partition coefficient (Wildman–Crippen LogP) is 1.88. The van der Waals surface area contributed by atoms with Gasteiger partial charge >= 0.3 is 5.97 Å². The number of hydrogen-bond acceptors (Lipinski definition) is 4. The largest absolute Gasteiger partial charge is 0.464 e. The summed E-state index contributed by atoms with van der Waals surface area (Å²) in [7, 11) is 0. The Kier molecular flexibility index (Phi) is 4.78. The summed E-state index contributed by atoms with van der Waals surface area (Å²) in [4.78, 5) is 23.7. The van der Waals surface area contributed by atoms with Crippen molar-refractivity contribution in [3.8, 4) is 0 Å². The summed E-state index contributed by atoms with van der Waals surface area (Å²) in [5, 5.41) is 14.5. The maximum absolute atomic E-state index is 12.1. The standard InChI is InChI=1S/C17H19NO4/c1-3-22-16(20)17(2,21)11-18-15(19)14-9-8-12-6-4-5-7-13(12)10-14/h4-10,21H,3,11H2,1-2H3,(H,18,19). The zero-order valence-electron chi connectivity index (χ0n) is 12.6. The quantitative estimate of drug-likeness (QED) is 0.827. The highest BCUT2D eigenvalue weighted by Gasteiger charge is 2.32. The lowest BCUT2D eigenvalue weighted by molar-refractivity contribution is -0.162. The Hall–Kier alpha value is -2.40. The van der Waals surface area contributed by atoms with E-state index < -0.39 is 11.6 Å². The molecule has 2 aromatic carbocycles. The molecule has 5 nitrogen and oxygen atoms in total. The number of hydrogen-bond donors (Lipinski definition) is 2. The van der Waals surface area contributed by atoms with Crippen LogP contribution in [0, 0.1) is 0 Å². The van der Waals surface area contributed by atoms with E-state index >= 15 is 0 Å². The Balaban J connectivity index is 2.06. The van der Waals surface area contributed by atoms with Gasteiger partial charge in [-0.25, -0.2) is 4.79 Å². The van der Waals surface area contributed by atoms with Gasteiger partial charge in [-0.1, -0.05) is 30.3 Å². The van der Waals surface area contributed by atoms with E-state index in [0.717, 1.165) is 10.8 Å². The maximum Gasteiger partial charge on any atom is 0.339 e. The molecule has 1 atom stereocenters. The molecule has 0 aliphatic heterocycles. The van der Waals surface area contributed by atoms with Crippen LogP contribution in [0.15, 0.2) is 42.5 Å². The number of rotatable bonds is 5. The lowest BCUT2D eigenvalue weighted by atomic mass is 10.1. The molecule has 1 unspecified atom stereocenters. The zero-order valence-corrected chi connectivity index (χ0v) is 12.6. The van der Waals surface area contributed by atoms with Crippen LogP contribution >= 0.6 is 0 Å². The van der Waals surface area contributed by atoms with E-state index in [-0.39, 0.29) is 19.1 Å². The molecule has 0 fully saturated rings. The number of carbonyl (C=O) groups excluding carboxylic acids is 2. The average molecular weight is 301 g/mol. The Morgan fingerprint density at radius 3 is 2.55 bits per heavy atom. The van der Waals surface area contributed by atoms with Crippen molar-refractivity contribution < 1.29 is 19.4 Å². The fourth-order valence-corrected chi connectivity index (χ4v) is 2.04. The predicted molar refractivity (Wildman–Crippen MR) is 83.5 cm³/mol. The second-order valence-electron chi connectivity index (χ2n) is 5.24. The van der Waals surface area contributed by atoms with Crippen molar-refractivity contribution in [3.05, 3.63) is 48.0 Å². The molecule has 5 heteroatoms. The van der Waals surface area contributed by atoms with E-state index in [2.05, 4.69) is 5.32 Å². The highest BCUT2D eigenvalue weighted by molar-refractivity contribution is 5.98. The van der Waals surface area contributed by atoms with Crippen molar-refractivity contribution in [2.24, 2.45) is 0 Å². The van der Waals surface area contributed by atoms with Gasteiger partial charge in [0.05, 0.1) is 13.2 Å². The Morgan fingerprint density at radius 2 is 1.86 bits per heavy atom. The summed E-state index contributed by atoms with van der Waals surface area (Å²) in [6.07, 6.45) is 0. The first kappa shape index (κ1) is 16.0. The minimum Gasteiger partial charge on any atom is -0.464 e. The van der Waals surface area contributed by atoms with E-state index in [0.29, 0.717) is 5.56 Å². The first-order valence-electron chi connectivity index (χ1n) is 7.10. The van der Waals surface area contributed by atoms with Crippen molar-refractivity contribution in [1.29, 1.82) is 0 Å². The molecule has 22 heavy (non-hydrogen) atoms. The van der Waals surface area contributed by atoms with Gasteiger partial charge in [0.2, 0.25) is 0 Å². The third kappa shape index (κ3) is 3.62. The first-order valence-corrected chi connectivity index (χ1v) is 7.10. The molecule has 0 saturated carbocycles. The number of benzene rings is 2. The number of nitrogens with one attached hydrogen (secondary N) is 1. The van der Waals surface area contributed by atoms with Crippen LogP contribution in [0.1, 0.15) is 24.2 Å². The van der Waals surface area contributed by atoms with Gasteiger partial charge in [-0.05, 0) is 36.8 Å². The molecule has 2 N–H and O–H groups in total. The monoisotopic (exact) mass is 301 g/mol. The number of carbonyl (C=O) groups is 2. The van der Waals surface area contributed by atoms with E-state index in [1.165, 1.54) is 6.92 Å². The smallest absolute Gasteiger partial charge is 0.339 e. The Labute approximate surface area is 128 Å². The van der Waals surface area contributed by atoms with Crippen molar-refractivity contribution >= 4 is 22.6 Å². The first-order chi connectivity index (χ1) is 10.4. The minimum absolute atomic E-state index is 0.174. The van der Waals surface area contributed by atoms with Crippen molar-refractivity contribution in [1.82, 2.24) is 5.32 Å². The molecule has 1 amide bonds. The fourth-order valence-electron chi connectivity index (χ4n) is 2.04. The van der Waals surface area contributed by atoms with Gasteiger partial charge in [-0.2, -0.15) is 0 Å². The lowest BCUT2D eigenvalue weighted by Gasteiger charge is -2.21. The molecule has 2 rings (SSSR count). The minimum atomic E-state index is -1.75. The van der Waals surface area contributed by atoms with Gasteiger partial charge in [-0.3, -0.25) is 4.79 Å². The topological polar surface area (TPSA) is 75.6 Å². The van der Waals surface area contributed by atoms with Crippen LogP contribution in [0.5, 0.6) is 0 Å². The normalized spacial score (nSPS) is 13.4. The summed E-state index contributed by atoms with van der Waals surface area (Å²) >= 11 is 0. The van der Waals surface area contributed by atoms with Crippen LogP contribution in [0.3, 0.4) is 0 Å². The van der Waals surface area contributed by atoms with Gasteiger partial charge < -0.3 is 15.2 Å². The van der Waals surface area contributed by atoms with Crippen molar-refractivity contribution in [2.45, 2.75) is 19.4 Å². The molecule has 0 spiro atoms. The van der Waals surface area contributed by atoms with E-state index in [1.54, 1.807) is 19.1 Å². The highest BCUT2D eigenvalue weighted by atomic mass is 16.5. The van der Waals surface area contributed by atoms with Crippen LogP contribution < -0.4 is 5.32 Å². The number of fused-ring (bicyclic) bond motifs is 1. The SMILES string of the molecule is CCOC(=O)C(C)(O)CNC(=O)c1ccc2ccccc2c1. The molecule has 0 aliphatic carbocycles. The second-order valence-corrected chi connectivity index (χ2v) is 5.24. The van der Waals surface area contributed by atoms with Crippen LogP contribution in [0.4, 0.5) is 0 Å². The van der Waals surface area contributed by atoms with Crippen LogP contribution in [-0.4, -0.2) is 35.7 Å². The average Bonchev–Trinajstić information content (AvgIpc) is 2.52. The lowest BCUT2D eigenvalue weighted by Crippen LogP contribution is -2.47. The number of aliphatic hydroxyl groups is 1. The van der Waals surface area contributed by atoms with Crippen molar-refractivity contribution in [2.75, 3.05) is 13.2 Å². The van der Waals surface area contributed by atoms with E-state index in [9.17, 15) is 14.7 Å². The zero-order chi connectivity index (χ0) is 16.2. The van der Waals surface area contributed by atoms with Gasteiger partial charge in [0, 0.05) is 5.56 Å². The third-order valence-corrected chi connectivity index (χ3v) is 3.32. The molecule has 0 aliphatic rings.